The van der Waals surface area contributed by atoms with Crippen molar-refractivity contribution < 1.29 is 12.8 Å². The lowest BCUT2D eigenvalue weighted by atomic mass is 10.4. The highest BCUT2D eigenvalue weighted by molar-refractivity contribution is 7.92. The third kappa shape index (κ3) is 2.54. The number of nitrogens with zero attached hydrogens (tertiary/aromatic N) is 2. The van der Waals surface area contributed by atoms with E-state index >= 15 is 0 Å². The number of rotatable bonds is 3. The molecule has 2 aromatic rings. The number of halogens is 1. The maximum absolute atomic E-state index is 12.6. The minimum atomic E-state index is -3.86. The lowest BCUT2D eigenvalue weighted by Crippen LogP contribution is -2.15. The summed E-state index contributed by atoms with van der Waals surface area (Å²) >= 11 is 0. The largest absolute Gasteiger partial charge is 0.383 e. The molecule has 0 fully saturated rings. The van der Waals surface area contributed by atoms with E-state index in [2.05, 4.69) is 14.7 Å². The fourth-order valence-corrected chi connectivity index (χ4v) is 2.40. The molecular weight excluding hydrogens is 259 g/mol. The fraction of sp³-hybridized carbons (Fsp3) is 0. The number of hydrogen-bond donors (Lipinski definition) is 2. The van der Waals surface area contributed by atoms with Crippen molar-refractivity contribution in [2.75, 3.05) is 10.5 Å². The van der Waals surface area contributed by atoms with Crippen LogP contribution < -0.4 is 10.5 Å². The third-order valence-electron chi connectivity index (χ3n) is 2.07. The Labute approximate surface area is 103 Å². The van der Waals surface area contributed by atoms with Crippen LogP contribution in [0.3, 0.4) is 0 Å². The normalized spacial score (nSPS) is 11.2. The first kappa shape index (κ1) is 12.2. The second-order valence-corrected chi connectivity index (χ2v) is 5.01. The van der Waals surface area contributed by atoms with Crippen LogP contribution in [-0.4, -0.2) is 18.4 Å². The predicted octanol–water partition coefficient (Wildman–Crippen LogP) is 0.999. The van der Waals surface area contributed by atoms with Gasteiger partial charge >= 0.3 is 0 Å². The van der Waals surface area contributed by atoms with Gasteiger partial charge in [-0.05, 0) is 24.3 Å². The maximum atomic E-state index is 12.6. The molecule has 2 rings (SSSR count). The van der Waals surface area contributed by atoms with E-state index in [4.69, 9.17) is 5.73 Å². The zero-order valence-electron chi connectivity index (χ0n) is 9.04. The van der Waals surface area contributed by atoms with Gasteiger partial charge < -0.3 is 5.73 Å². The van der Waals surface area contributed by atoms with E-state index in [0.29, 0.717) is 0 Å². The average Bonchev–Trinajstić information content (AvgIpc) is 2.32. The quantitative estimate of drug-likeness (QED) is 0.809. The molecule has 0 bridgehead atoms. The highest BCUT2D eigenvalue weighted by atomic mass is 32.2. The summed E-state index contributed by atoms with van der Waals surface area (Å²) in [5.41, 5.74) is 5.62. The van der Waals surface area contributed by atoms with Crippen LogP contribution in [-0.2, 0) is 10.0 Å². The van der Waals surface area contributed by atoms with Crippen LogP contribution in [0.4, 0.5) is 15.9 Å². The van der Waals surface area contributed by atoms with Gasteiger partial charge in [-0.2, -0.15) is 4.39 Å². The molecule has 0 radical (unpaired) electrons. The molecule has 8 heteroatoms. The molecule has 94 valence electrons. The summed E-state index contributed by atoms with van der Waals surface area (Å²) in [5.74, 6) is -0.807. The number of anilines is 2. The second-order valence-electron chi connectivity index (χ2n) is 3.36. The van der Waals surface area contributed by atoms with Crippen LogP contribution >= 0.6 is 0 Å². The summed E-state index contributed by atoms with van der Waals surface area (Å²) in [6.45, 7) is 0. The molecule has 0 unspecified atom stereocenters. The van der Waals surface area contributed by atoms with Gasteiger partial charge in [0.05, 0.1) is 11.9 Å². The Kier molecular flexibility index (Phi) is 3.11. The standard InChI is InChI=1S/C10H9FN4O2S/c11-9-4-3-7(6-14-9)15-18(16,17)8-2-1-5-13-10(8)12/h1-6,15H,(H2,12,13). The van der Waals surface area contributed by atoms with Gasteiger partial charge in [0.25, 0.3) is 10.0 Å². The zero-order valence-corrected chi connectivity index (χ0v) is 9.86. The van der Waals surface area contributed by atoms with Crippen molar-refractivity contribution >= 4 is 21.5 Å². The first-order valence-electron chi connectivity index (χ1n) is 4.84. The summed E-state index contributed by atoms with van der Waals surface area (Å²) in [6, 6.07) is 5.08. The molecule has 6 nitrogen and oxygen atoms in total. The first-order chi connectivity index (χ1) is 8.49. The zero-order chi connectivity index (χ0) is 13.2. The van der Waals surface area contributed by atoms with Crippen molar-refractivity contribution in [1.82, 2.24) is 9.97 Å². The molecule has 0 aliphatic carbocycles. The average molecular weight is 268 g/mol. The van der Waals surface area contributed by atoms with Gasteiger partial charge in [0, 0.05) is 6.20 Å². The molecule has 0 aliphatic heterocycles. The Hall–Kier alpha value is -2.22. The summed E-state index contributed by atoms with van der Waals surface area (Å²) in [7, 11) is -3.86. The first-order valence-corrected chi connectivity index (χ1v) is 6.32. The number of sulfonamides is 1. The van der Waals surface area contributed by atoms with E-state index in [9.17, 15) is 12.8 Å². The van der Waals surface area contributed by atoms with E-state index in [-0.39, 0.29) is 16.4 Å². The van der Waals surface area contributed by atoms with Crippen molar-refractivity contribution in [1.29, 1.82) is 0 Å². The molecule has 0 amide bonds. The van der Waals surface area contributed by atoms with E-state index in [1.807, 2.05) is 0 Å². The lowest BCUT2D eigenvalue weighted by Gasteiger charge is -2.08. The molecule has 2 aromatic heterocycles. The maximum Gasteiger partial charge on any atom is 0.265 e. The van der Waals surface area contributed by atoms with Crippen LogP contribution in [0.25, 0.3) is 0 Å². The molecule has 2 heterocycles. The van der Waals surface area contributed by atoms with E-state index in [1.54, 1.807) is 0 Å². The molecule has 0 aromatic carbocycles. The van der Waals surface area contributed by atoms with Crippen molar-refractivity contribution in [3.05, 3.63) is 42.6 Å². The molecule has 0 spiro atoms. The van der Waals surface area contributed by atoms with Crippen molar-refractivity contribution in [2.24, 2.45) is 0 Å². The summed E-state index contributed by atoms with van der Waals surface area (Å²) in [6.07, 6.45) is 2.45. The Morgan fingerprint density at radius 2 is 2.00 bits per heavy atom. The number of nitrogen functional groups attached to an aromatic ring is 1. The van der Waals surface area contributed by atoms with Crippen molar-refractivity contribution in [3.8, 4) is 0 Å². The lowest BCUT2D eigenvalue weighted by molar-refractivity contribution is 0.583. The van der Waals surface area contributed by atoms with Gasteiger partial charge in [0.1, 0.15) is 10.7 Å². The van der Waals surface area contributed by atoms with Crippen LogP contribution in [0.2, 0.25) is 0 Å². The van der Waals surface area contributed by atoms with Crippen molar-refractivity contribution in [2.45, 2.75) is 4.90 Å². The van der Waals surface area contributed by atoms with Gasteiger partial charge in [0.15, 0.2) is 0 Å². The van der Waals surface area contributed by atoms with Crippen molar-refractivity contribution in [3.63, 3.8) is 0 Å². The highest BCUT2D eigenvalue weighted by Crippen LogP contribution is 2.18. The Morgan fingerprint density at radius 1 is 1.22 bits per heavy atom. The molecule has 0 aliphatic rings. The van der Waals surface area contributed by atoms with E-state index in [0.717, 1.165) is 12.3 Å². The highest BCUT2D eigenvalue weighted by Gasteiger charge is 2.17. The number of hydrogen-bond acceptors (Lipinski definition) is 5. The van der Waals surface area contributed by atoms with Gasteiger partial charge in [-0.25, -0.2) is 18.4 Å². The van der Waals surface area contributed by atoms with Gasteiger partial charge in [-0.1, -0.05) is 0 Å². The van der Waals surface area contributed by atoms with Gasteiger partial charge in [-0.3, -0.25) is 4.72 Å². The number of nitrogens with two attached hydrogens (primary N) is 1. The number of nitrogens with one attached hydrogen (secondary N) is 1. The molecule has 3 N–H and O–H groups in total. The number of pyridine rings is 2. The topological polar surface area (TPSA) is 98.0 Å². The molecule has 18 heavy (non-hydrogen) atoms. The minimum absolute atomic E-state index is 0.111. The van der Waals surface area contributed by atoms with Crippen LogP contribution in [0, 0.1) is 5.95 Å². The minimum Gasteiger partial charge on any atom is -0.383 e. The SMILES string of the molecule is Nc1ncccc1S(=O)(=O)Nc1ccc(F)nc1. The summed E-state index contributed by atoms with van der Waals surface area (Å²) < 4.78 is 38.7. The summed E-state index contributed by atoms with van der Waals surface area (Å²) in [4.78, 5) is 6.88. The Balaban J connectivity index is 2.33. The molecule has 0 saturated carbocycles. The molecular formula is C10H9FN4O2S. The second kappa shape index (κ2) is 4.57. The van der Waals surface area contributed by atoms with Gasteiger partial charge in [0.2, 0.25) is 5.95 Å². The van der Waals surface area contributed by atoms with Crippen LogP contribution in [0.5, 0.6) is 0 Å². The third-order valence-corrected chi connectivity index (χ3v) is 3.50. The fourth-order valence-electron chi connectivity index (χ4n) is 1.28. The Morgan fingerprint density at radius 3 is 2.61 bits per heavy atom. The summed E-state index contributed by atoms with van der Waals surface area (Å²) in [5, 5.41) is 0. The Bertz CT molecular complexity index is 658. The monoisotopic (exact) mass is 268 g/mol. The van der Waals surface area contributed by atoms with Gasteiger partial charge in [-0.15, -0.1) is 0 Å². The van der Waals surface area contributed by atoms with E-state index in [1.165, 1.54) is 24.4 Å². The smallest absolute Gasteiger partial charge is 0.265 e. The predicted molar refractivity (Wildman–Crippen MR) is 63.7 cm³/mol. The van der Waals surface area contributed by atoms with E-state index < -0.39 is 16.0 Å². The molecule has 0 atom stereocenters. The van der Waals surface area contributed by atoms with Crippen LogP contribution in [0.15, 0.2) is 41.6 Å². The molecule has 0 saturated heterocycles. The number of aromatic nitrogens is 2. The van der Waals surface area contributed by atoms with Crippen LogP contribution in [0.1, 0.15) is 0 Å².